The predicted molar refractivity (Wildman–Crippen MR) is 195 cm³/mol. The Balaban J connectivity index is 1.41. The fraction of sp³-hybridized carbons (Fsp3) is 0.0909. The van der Waals surface area contributed by atoms with Crippen LogP contribution >= 0.6 is 0 Å². The average Bonchev–Trinajstić information content (AvgIpc) is 3.55. The number of fused-ring (bicyclic) bond motifs is 8. The number of para-hydroxylation sites is 3. The summed E-state index contributed by atoms with van der Waals surface area (Å²) in [4.78, 5) is 2.50. The van der Waals surface area contributed by atoms with Gasteiger partial charge in [-0.25, -0.2) is 0 Å². The van der Waals surface area contributed by atoms with Crippen molar-refractivity contribution in [3.8, 4) is 16.8 Å². The highest BCUT2D eigenvalue weighted by Crippen LogP contribution is 2.55. The van der Waals surface area contributed by atoms with Crippen LogP contribution in [0.3, 0.4) is 0 Å². The van der Waals surface area contributed by atoms with E-state index in [4.69, 9.17) is 0 Å². The van der Waals surface area contributed by atoms with E-state index >= 15 is 0 Å². The molecule has 8 aromatic rings. The van der Waals surface area contributed by atoms with Crippen molar-refractivity contribution in [2.24, 2.45) is 0 Å². The van der Waals surface area contributed by atoms with Crippen molar-refractivity contribution >= 4 is 49.6 Å². The first-order chi connectivity index (χ1) is 22.5. The topological polar surface area (TPSA) is 8.17 Å². The number of hydrogen-bond acceptors (Lipinski definition) is 1. The van der Waals surface area contributed by atoms with Crippen molar-refractivity contribution in [2.45, 2.75) is 26.2 Å². The third-order valence-corrected chi connectivity index (χ3v) is 10.0. The van der Waals surface area contributed by atoms with Gasteiger partial charge in [-0.2, -0.15) is 0 Å². The van der Waals surface area contributed by atoms with E-state index in [0.29, 0.717) is 0 Å². The molecule has 0 unspecified atom stereocenters. The van der Waals surface area contributed by atoms with E-state index in [1.54, 1.807) is 0 Å². The maximum absolute atomic E-state index is 2.50. The SMILES string of the molecule is Cc1ccc2c(c1)C(C)(C)c1cc(N(c3ccccc3)c3cccc4c3c3ccccc3n4-c3ccccc3)c3ccccc3c1-2. The summed E-state index contributed by atoms with van der Waals surface area (Å²) in [5, 5.41) is 5.03. The summed E-state index contributed by atoms with van der Waals surface area (Å²) in [5.74, 6) is 0. The molecule has 7 aromatic carbocycles. The van der Waals surface area contributed by atoms with E-state index in [2.05, 4.69) is 182 Å². The molecule has 220 valence electrons. The molecule has 2 nitrogen and oxygen atoms in total. The Hall–Kier alpha value is -5.60. The van der Waals surface area contributed by atoms with Crippen molar-refractivity contribution in [1.82, 2.24) is 4.57 Å². The molecule has 0 bridgehead atoms. The van der Waals surface area contributed by atoms with Crippen LogP contribution in [0, 0.1) is 6.92 Å². The summed E-state index contributed by atoms with van der Waals surface area (Å²) >= 11 is 0. The van der Waals surface area contributed by atoms with Crippen molar-refractivity contribution < 1.29 is 0 Å². The van der Waals surface area contributed by atoms with Gasteiger partial charge in [0.05, 0.1) is 22.4 Å². The van der Waals surface area contributed by atoms with Gasteiger partial charge >= 0.3 is 0 Å². The molecular formula is C44H34N2. The van der Waals surface area contributed by atoms with Crippen LogP contribution in [0.5, 0.6) is 0 Å². The molecule has 0 saturated carbocycles. The lowest BCUT2D eigenvalue weighted by molar-refractivity contribution is 0.660. The fourth-order valence-electron chi connectivity index (χ4n) is 7.89. The zero-order chi connectivity index (χ0) is 31.0. The second-order valence-electron chi connectivity index (χ2n) is 13.1. The third kappa shape index (κ3) is 3.77. The van der Waals surface area contributed by atoms with Crippen molar-refractivity contribution in [3.63, 3.8) is 0 Å². The Labute approximate surface area is 269 Å². The Morgan fingerprint density at radius 1 is 0.522 bits per heavy atom. The Morgan fingerprint density at radius 3 is 1.96 bits per heavy atom. The highest BCUT2D eigenvalue weighted by Gasteiger charge is 2.38. The van der Waals surface area contributed by atoms with Crippen molar-refractivity contribution in [2.75, 3.05) is 4.90 Å². The van der Waals surface area contributed by atoms with E-state index in [9.17, 15) is 0 Å². The van der Waals surface area contributed by atoms with Crippen LogP contribution in [0.15, 0.2) is 152 Å². The molecule has 0 fully saturated rings. The van der Waals surface area contributed by atoms with Crippen LogP contribution in [0.4, 0.5) is 17.1 Å². The highest BCUT2D eigenvalue weighted by molar-refractivity contribution is 6.18. The van der Waals surface area contributed by atoms with E-state index < -0.39 is 0 Å². The molecule has 46 heavy (non-hydrogen) atoms. The first-order valence-corrected chi connectivity index (χ1v) is 16.1. The summed E-state index contributed by atoms with van der Waals surface area (Å²) in [6.45, 7) is 6.97. The van der Waals surface area contributed by atoms with Crippen LogP contribution in [0.25, 0.3) is 49.4 Å². The molecule has 0 aliphatic heterocycles. The Morgan fingerprint density at radius 2 is 1.17 bits per heavy atom. The minimum absolute atomic E-state index is 0.132. The van der Waals surface area contributed by atoms with E-state index in [-0.39, 0.29) is 5.41 Å². The van der Waals surface area contributed by atoms with E-state index in [0.717, 1.165) is 11.4 Å². The van der Waals surface area contributed by atoms with Crippen LogP contribution in [0.2, 0.25) is 0 Å². The zero-order valence-electron chi connectivity index (χ0n) is 26.3. The molecule has 1 heterocycles. The monoisotopic (exact) mass is 590 g/mol. The van der Waals surface area contributed by atoms with Gasteiger partial charge in [-0.1, -0.05) is 123 Å². The number of aryl methyl sites for hydroxylation is 1. The number of nitrogens with zero attached hydrogens (tertiary/aromatic N) is 2. The van der Waals surface area contributed by atoms with Crippen molar-refractivity contribution in [1.29, 1.82) is 0 Å². The summed E-state index contributed by atoms with van der Waals surface area (Å²) in [6, 6.07) is 55.6. The Bertz CT molecular complexity index is 2450. The molecule has 2 heteroatoms. The standard InChI is InChI=1S/C44H34N2/c1-29-25-26-34-36(27-29)44(2,3)37-28-41(32-19-10-11-20-33(32)42(34)37)46(31-17-8-5-9-18-31)40-24-14-23-39-43(40)35-21-12-13-22-38(35)45(39)30-15-6-4-7-16-30/h4-28H,1-3H3. The molecule has 1 aliphatic carbocycles. The Kier molecular flexibility index (Phi) is 5.79. The van der Waals surface area contributed by atoms with Gasteiger partial charge in [0.25, 0.3) is 0 Å². The number of hydrogen-bond donors (Lipinski definition) is 0. The fourth-order valence-corrected chi connectivity index (χ4v) is 7.89. The molecule has 0 saturated heterocycles. The van der Waals surface area contributed by atoms with Gasteiger partial charge in [-0.15, -0.1) is 0 Å². The summed E-state index contributed by atoms with van der Waals surface area (Å²) < 4.78 is 2.40. The van der Waals surface area contributed by atoms with Gasteiger partial charge in [-0.05, 0) is 83.1 Å². The zero-order valence-corrected chi connectivity index (χ0v) is 26.3. The van der Waals surface area contributed by atoms with Gasteiger partial charge in [0.15, 0.2) is 0 Å². The number of anilines is 3. The second-order valence-corrected chi connectivity index (χ2v) is 13.1. The lowest BCUT2D eigenvalue weighted by Crippen LogP contribution is -2.17. The lowest BCUT2D eigenvalue weighted by atomic mass is 9.81. The number of rotatable bonds is 4. The predicted octanol–water partition coefficient (Wildman–Crippen LogP) is 12.0. The van der Waals surface area contributed by atoms with Gasteiger partial charge in [0.2, 0.25) is 0 Å². The molecule has 0 spiro atoms. The van der Waals surface area contributed by atoms with Gasteiger partial charge in [0, 0.05) is 32.9 Å². The number of aromatic nitrogens is 1. The first-order valence-electron chi connectivity index (χ1n) is 16.1. The van der Waals surface area contributed by atoms with Crippen LogP contribution < -0.4 is 4.90 Å². The highest BCUT2D eigenvalue weighted by atomic mass is 15.1. The molecule has 0 amide bonds. The quantitative estimate of drug-likeness (QED) is 0.198. The summed E-state index contributed by atoms with van der Waals surface area (Å²) in [6.07, 6.45) is 0. The maximum Gasteiger partial charge on any atom is 0.0562 e. The van der Waals surface area contributed by atoms with E-state index in [1.165, 1.54) is 71.8 Å². The van der Waals surface area contributed by atoms with Crippen LogP contribution in [-0.2, 0) is 5.41 Å². The van der Waals surface area contributed by atoms with Crippen LogP contribution in [0.1, 0.15) is 30.5 Å². The summed E-state index contributed by atoms with van der Waals surface area (Å²) in [5.41, 5.74) is 13.7. The molecule has 1 aromatic heterocycles. The van der Waals surface area contributed by atoms with Gasteiger partial charge < -0.3 is 9.47 Å². The largest absolute Gasteiger partial charge is 0.309 e. The molecule has 0 N–H and O–H groups in total. The average molecular weight is 591 g/mol. The second kappa shape index (κ2) is 9.95. The minimum Gasteiger partial charge on any atom is -0.309 e. The third-order valence-electron chi connectivity index (χ3n) is 10.0. The smallest absolute Gasteiger partial charge is 0.0562 e. The van der Waals surface area contributed by atoms with Crippen LogP contribution in [-0.4, -0.2) is 4.57 Å². The van der Waals surface area contributed by atoms with E-state index in [1.807, 2.05) is 0 Å². The molecular weight excluding hydrogens is 556 g/mol. The van der Waals surface area contributed by atoms with Crippen molar-refractivity contribution in [3.05, 3.63) is 168 Å². The molecule has 0 radical (unpaired) electrons. The number of benzene rings is 7. The molecule has 0 atom stereocenters. The normalized spacial score (nSPS) is 13.3. The molecule has 9 rings (SSSR count). The van der Waals surface area contributed by atoms with Gasteiger partial charge in [0.1, 0.15) is 0 Å². The maximum atomic E-state index is 2.50. The molecule has 1 aliphatic rings. The minimum atomic E-state index is -0.132. The lowest BCUT2D eigenvalue weighted by Gasteiger charge is -2.30. The summed E-state index contributed by atoms with van der Waals surface area (Å²) in [7, 11) is 0. The first kappa shape index (κ1) is 26.8. The van der Waals surface area contributed by atoms with Gasteiger partial charge in [-0.3, -0.25) is 0 Å².